The van der Waals surface area contributed by atoms with Crippen LogP contribution in [0.25, 0.3) is 6.08 Å². The molecule has 0 aromatic heterocycles. The third-order valence-electron chi connectivity index (χ3n) is 4.12. The molecule has 2 amide bonds. The van der Waals surface area contributed by atoms with Crippen LogP contribution in [-0.2, 0) is 4.79 Å². The number of benzene rings is 2. The number of aliphatic hydroxyl groups excluding tert-OH is 1. The summed E-state index contributed by atoms with van der Waals surface area (Å²) in [5, 5.41) is 14.2. The van der Waals surface area contributed by atoms with E-state index in [-0.39, 0.29) is 18.8 Å². The number of aliphatic hydroxyl groups is 1. The van der Waals surface area contributed by atoms with Gasteiger partial charge in [-0.3, -0.25) is 9.59 Å². The minimum atomic E-state index is -0.525. The zero-order chi connectivity index (χ0) is 22.6. The fourth-order valence-electron chi connectivity index (χ4n) is 2.68. The van der Waals surface area contributed by atoms with Crippen LogP contribution < -0.4 is 24.8 Å². The quantitative estimate of drug-likeness (QED) is 0.475. The molecular weight excluding hydrogens is 400 g/mol. The maximum absolute atomic E-state index is 12.7. The van der Waals surface area contributed by atoms with E-state index in [1.165, 1.54) is 13.2 Å². The number of rotatable bonds is 11. The van der Waals surface area contributed by atoms with Crippen molar-refractivity contribution in [2.75, 3.05) is 33.5 Å². The molecule has 0 atom stereocenters. The van der Waals surface area contributed by atoms with E-state index < -0.39 is 11.8 Å². The zero-order valence-corrected chi connectivity index (χ0v) is 17.9. The lowest BCUT2D eigenvalue weighted by atomic mass is 10.1. The molecule has 2 aromatic rings. The van der Waals surface area contributed by atoms with Gasteiger partial charge >= 0.3 is 0 Å². The van der Waals surface area contributed by atoms with Crippen molar-refractivity contribution in [2.45, 2.75) is 13.8 Å². The van der Waals surface area contributed by atoms with Gasteiger partial charge in [-0.2, -0.15) is 0 Å². The number of hydrogen-bond acceptors (Lipinski definition) is 6. The molecule has 166 valence electrons. The van der Waals surface area contributed by atoms with Crippen LogP contribution in [-0.4, -0.2) is 50.4 Å². The van der Waals surface area contributed by atoms with Crippen LogP contribution in [0.5, 0.6) is 17.2 Å². The van der Waals surface area contributed by atoms with Crippen LogP contribution in [0.1, 0.15) is 29.8 Å². The Hall–Kier alpha value is -3.52. The molecule has 8 nitrogen and oxygen atoms in total. The first-order valence-electron chi connectivity index (χ1n) is 9.98. The number of hydrogen-bond donors (Lipinski definition) is 3. The molecule has 0 aliphatic carbocycles. The predicted molar refractivity (Wildman–Crippen MR) is 117 cm³/mol. The Morgan fingerprint density at radius 3 is 2.29 bits per heavy atom. The second kappa shape index (κ2) is 12.2. The second-order valence-corrected chi connectivity index (χ2v) is 6.29. The standard InChI is InChI=1S/C23H28N2O6/c1-4-30-20-11-6-16(15-21(20)31-5-2)14-19(23(28)24-12-13-26)25-22(27)17-7-9-18(29-3)10-8-17/h6-11,14-15,26H,4-5,12-13H2,1-3H3,(H,24,28)(H,25,27). The summed E-state index contributed by atoms with van der Waals surface area (Å²) in [4.78, 5) is 25.2. The minimum Gasteiger partial charge on any atom is -0.497 e. The van der Waals surface area contributed by atoms with Crippen molar-refractivity contribution in [2.24, 2.45) is 0 Å². The lowest BCUT2D eigenvalue weighted by Gasteiger charge is -2.13. The summed E-state index contributed by atoms with van der Waals surface area (Å²) in [6.07, 6.45) is 1.53. The molecule has 0 unspecified atom stereocenters. The van der Waals surface area contributed by atoms with E-state index in [9.17, 15) is 9.59 Å². The highest BCUT2D eigenvalue weighted by atomic mass is 16.5. The zero-order valence-electron chi connectivity index (χ0n) is 17.9. The van der Waals surface area contributed by atoms with Crippen LogP contribution in [0.15, 0.2) is 48.2 Å². The van der Waals surface area contributed by atoms with E-state index in [0.717, 1.165) is 0 Å². The summed E-state index contributed by atoms with van der Waals surface area (Å²) < 4.78 is 16.3. The van der Waals surface area contributed by atoms with Crippen LogP contribution in [0.3, 0.4) is 0 Å². The van der Waals surface area contributed by atoms with Crippen molar-refractivity contribution in [1.82, 2.24) is 10.6 Å². The van der Waals surface area contributed by atoms with Crippen LogP contribution in [0.4, 0.5) is 0 Å². The van der Waals surface area contributed by atoms with Crippen molar-refractivity contribution >= 4 is 17.9 Å². The smallest absolute Gasteiger partial charge is 0.267 e. The summed E-state index contributed by atoms with van der Waals surface area (Å²) in [6.45, 7) is 4.52. The number of amides is 2. The van der Waals surface area contributed by atoms with Gasteiger partial charge < -0.3 is 30.0 Å². The molecule has 0 aliphatic rings. The molecule has 31 heavy (non-hydrogen) atoms. The molecule has 0 radical (unpaired) electrons. The van der Waals surface area contributed by atoms with Crippen molar-refractivity contribution in [1.29, 1.82) is 0 Å². The van der Waals surface area contributed by atoms with Crippen molar-refractivity contribution in [3.05, 3.63) is 59.3 Å². The largest absolute Gasteiger partial charge is 0.497 e. The summed E-state index contributed by atoms with van der Waals surface area (Å²) in [5.41, 5.74) is 1.03. The molecule has 0 aliphatic heterocycles. The van der Waals surface area contributed by atoms with Gasteiger partial charge in [-0.05, 0) is 61.9 Å². The van der Waals surface area contributed by atoms with E-state index in [4.69, 9.17) is 19.3 Å². The topological polar surface area (TPSA) is 106 Å². The average Bonchev–Trinajstić information content (AvgIpc) is 2.79. The number of carbonyl (C=O) groups is 2. The molecule has 3 N–H and O–H groups in total. The highest BCUT2D eigenvalue weighted by molar-refractivity contribution is 6.05. The van der Waals surface area contributed by atoms with Crippen LogP contribution in [0.2, 0.25) is 0 Å². The van der Waals surface area contributed by atoms with E-state index in [1.54, 1.807) is 42.5 Å². The first-order valence-corrected chi connectivity index (χ1v) is 9.98. The average molecular weight is 428 g/mol. The Balaban J connectivity index is 2.33. The fourth-order valence-corrected chi connectivity index (χ4v) is 2.68. The van der Waals surface area contributed by atoms with Gasteiger partial charge in [0.2, 0.25) is 0 Å². The maximum atomic E-state index is 12.7. The molecule has 0 spiro atoms. The minimum absolute atomic E-state index is 0.0286. The Morgan fingerprint density at radius 2 is 1.68 bits per heavy atom. The summed E-state index contributed by atoms with van der Waals surface area (Å²) in [6, 6.07) is 11.7. The van der Waals surface area contributed by atoms with E-state index in [1.807, 2.05) is 13.8 Å². The normalized spacial score (nSPS) is 10.9. The molecule has 0 fully saturated rings. The molecule has 8 heteroatoms. The highest BCUT2D eigenvalue weighted by Gasteiger charge is 2.15. The van der Waals surface area contributed by atoms with Gasteiger partial charge in [0.15, 0.2) is 11.5 Å². The molecule has 2 rings (SSSR count). The lowest BCUT2D eigenvalue weighted by molar-refractivity contribution is -0.117. The van der Waals surface area contributed by atoms with E-state index >= 15 is 0 Å². The maximum Gasteiger partial charge on any atom is 0.267 e. The van der Waals surface area contributed by atoms with Crippen molar-refractivity contribution < 1.29 is 28.9 Å². The SMILES string of the molecule is CCOc1ccc(C=C(NC(=O)c2ccc(OC)cc2)C(=O)NCCO)cc1OCC. The van der Waals surface area contributed by atoms with Gasteiger partial charge in [0, 0.05) is 12.1 Å². The Kier molecular flexibility index (Phi) is 9.38. The fraction of sp³-hybridized carbons (Fsp3) is 0.304. The summed E-state index contributed by atoms with van der Waals surface area (Å²) in [5.74, 6) is 0.766. The number of carbonyl (C=O) groups excluding carboxylic acids is 2. The van der Waals surface area contributed by atoms with Gasteiger partial charge in [-0.15, -0.1) is 0 Å². The highest BCUT2D eigenvalue weighted by Crippen LogP contribution is 2.29. The Morgan fingerprint density at radius 1 is 1.00 bits per heavy atom. The molecule has 0 saturated carbocycles. The van der Waals surface area contributed by atoms with Crippen molar-refractivity contribution in [3.8, 4) is 17.2 Å². The molecule has 0 heterocycles. The summed E-state index contributed by atoms with van der Waals surface area (Å²) >= 11 is 0. The lowest BCUT2D eigenvalue weighted by Crippen LogP contribution is -2.36. The third-order valence-corrected chi connectivity index (χ3v) is 4.12. The Labute approximate surface area is 181 Å². The Bertz CT molecular complexity index is 909. The second-order valence-electron chi connectivity index (χ2n) is 6.29. The van der Waals surface area contributed by atoms with Gasteiger partial charge in [-0.25, -0.2) is 0 Å². The molecular formula is C23H28N2O6. The number of ether oxygens (including phenoxy) is 3. The molecule has 0 bridgehead atoms. The van der Waals surface area contributed by atoms with Crippen LogP contribution in [0, 0.1) is 0 Å². The van der Waals surface area contributed by atoms with Gasteiger partial charge in [0.25, 0.3) is 11.8 Å². The third kappa shape index (κ3) is 7.04. The van der Waals surface area contributed by atoms with Gasteiger partial charge in [-0.1, -0.05) is 6.07 Å². The van der Waals surface area contributed by atoms with Crippen molar-refractivity contribution in [3.63, 3.8) is 0 Å². The molecule has 2 aromatic carbocycles. The number of methoxy groups -OCH3 is 1. The first-order chi connectivity index (χ1) is 15.0. The van der Waals surface area contributed by atoms with E-state index in [0.29, 0.717) is 41.6 Å². The predicted octanol–water partition coefficient (Wildman–Crippen LogP) is 2.37. The van der Waals surface area contributed by atoms with E-state index in [2.05, 4.69) is 10.6 Å². The summed E-state index contributed by atoms with van der Waals surface area (Å²) in [7, 11) is 1.54. The van der Waals surface area contributed by atoms with Gasteiger partial charge in [0.05, 0.1) is 26.9 Å². The molecule has 0 saturated heterocycles. The van der Waals surface area contributed by atoms with Crippen LogP contribution >= 0.6 is 0 Å². The first kappa shape index (κ1) is 23.8. The number of nitrogens with one attached hydrogen (secondary N) is 2. The van der Waals surface area contributed by atoms with Gasteiger partial charge in [0.1, 0.15) is 11.4 Å². The monoisotopic (exact) mass is 428 g/mol.